The summed E-state index contributed by atoms with van der Waals surface area (Å²) >= 11 is 0. The van der Waals surface area contributed by atoms with Crippen LogP contribution in [0.15, 0.2) is 113 Å². The van der Waals surface area contributed by atoms with Gasteiger partial charge < -0.3 is 10.1 Å². The van der Waals surface area contributed by atoms with E-state index in [1.54, 1.807) is 4.68 Å². The molecule has 2 amide bonds. The first-order valence-corrected chi connectivity index (χ1v) is 18.8. The zero-order valence-corrected chi connectivity index (χ0v) is 29.0. The third kappa shape index (κ3) is 5.46. The number of benzene rings is 4. The van der Waals surface area contributed by atoms with Gasteiger partial charge >= 0.3 is 6.03 Å². The van der Waals surface area contributed by atoms with Crippen LogP contribution in [0.1, 0.15) is 65.6 Å². The average Bonchev–Trinajstić information content (AvgIpc) is 3.92. The fraction of sp³-hybridized carbons (Fsp3) is 0.300. The predicted molar refractivity (Wildman–Crippen MR) is 193 cm³/mol. The highest BCUT2D eigenvalue weighted by Gasteiger charge is 2.43. The molecule has 0 radical (unpaired) electrons. The van der Waals surface area contributed by atoms with Gasteiger partial charge in [-0.25, -0.2) is 22.8 Å². The van der Waals surface area contributed by atoms with Gasteiger partial charge in [-0.3, -0.25) is 0 Å². The number of aromatic nitrogens is 2. The molecule has 3 aliphatic rings. The third-order valence-corrected chi connectivity index (χ3v) is 12.3. The number of amides is 2. The number of nitrogens with zero attached hydrogens (tertiary/aromatic N) is 3. The predicted octanol–water partition coefficient (Wildman–Crippen LogP) is 7.93. The van der Waals surface area contributed by atoms with Gasteiger partial charge in [-0.15, -0.1) is 0 Å². The van der Waals surface area contributed by atoms with Crippen LogP contribution in [0.2, 0.25) is 0 Å². The van der Waals surface area contributed by atoms with Gasteiger partial charge in [-0.1, -0.05) is 104 Å². The zero-order valence-electron chi connectivity index (χ0n) is 28.2. The topological polar surface area (TPSA) is 97.6 Å². The minimum atomic E-state index is -3.89. The Hall–Kier alpha value is -4.96. The van der Waals surface area contributed by atoms with Crippen LogP contribution in [-0.4, -0.2) is 31.8 Å². The van der Waals surface area contributed by atoms with Crippen LogP contribution >= 0.6 is 0 Å². The lowest BCUT2D eigenvalue weighted by molar-refractivity contribution is 0.105. The van der Waals surface area contributed by atoms with E-state index >= 15 is 4.21 Å². The van der Waals surface area contributed by atoms with E-state index in [1.165, 1.54) is 6.20 Å². The van der Waals surface area contributed by atoms with Crippen LogP contribution in [0.5, 0.6) is 5.88 Å². The van der Waals surface area contributed by atoms with E-state index in [2.05, 4.69) is 21.2 Å². The summed E-state index contributed by atoms with van der Waals surface area (Å²) in [4.78, 5) is 14.5. The molecule has 2 aliphatic carbocycles. The van der Waals surface area contributed by atoms with Gasteiger partial charge in [0.05, 0.1) is 12.7 Å². The Morgan fingerprint density at radius 1 is 0.960 bits per heavy atom. The largest absolute Gasteiger partial charge is 0.469 e. The lowest BCUT2D eigenvalue weighted by Crippen LogP contribution is -2.38. The van der Waals surface area contributed by atoms with Crippen molar-refractivity contribution in [1.82, 2.24) is 14.5 Å². The number of hydrogen-bond acceptors (Lipinski definition) is 5. The minimum Gasteiger partial charge on any atom is -0.469 e. The number of carbonyl (C=O) groups is 1. The Balaban J connectivity index is 1.34. The SMILES string of the molecule is CC[C@]1(C)Cn2ncc(S(=O)(=NC(c3ccccc3)(c3ccccc3)c3ccccc3)NC(=O)Nc3c4c(cc5c3C[C@H](F)C5)CCC4)c2O1. The number of urea groups is 1. The third-order valence-electron chi connectivity index (χ3n) is 10.4. The number of fused-ring (bicyclic) bond motifs is 3. The molecule has 50 heavy (non-hydrogen) atoms. The molecule has 1 aliphatic heterocycles. The van der Waals surface area contributed by atoms with Gasteiger partial charge in [0.15, 0.2) is 9.92 Å². The van der Waals surface area contributed by atoms with Gasteiger partial charge in [-0.2, -0.15) is 9.46 Å². The van der Waals surface area contributed by atoms with Crippen LogP contribution < -0.4 is 14.8 Å². The van der Waals surface area contributed by atoms with Crippen LogP contribution in [0.25, 0.3) is 0 Å². The quantitative estimate of drug-likeness (QED) is 0.162. The molecule has 8 nitrogen and oxygen atoms in total. The standard InChI is InChI=1S/C40H40FN5O3S/c1-3-39(2)26-46-37(49-39)35(25-42-46)50(48,44-38(47)43-36-33-21-13-14-27(33)22-28-23-32(41)24-34(28)36)45-40(29-15-7-4-8-16-29,30-17-9-5-10-18-30)31-19-11-6-12-20-31/h4-12,15-20,22,25,32H,3,13-14,21,23-24,26H2,1-2H3,(H2,43,44,45,47,48)/t32-,39-,50?/m1/s1. The van der Waals surface area contributed by atoms with E-state index in [0.29, 0.717) is 31.0 Å². The van der Waals surface area contributed by atoms with E-state index in [-0.39, 0.29) is 11.3 Å². The van der Waals surface area contributed by atoms with Gasteiger partial charge in [0.2, 0.25) is 5.88 Å². The number of halogens is 1. The van der Waals surface area contributed by atoms with Crippen molar-refractivity contribution in [3.05, 3.63) is 142 Å². The zero-order chi connectivity index (χ0) is 34.5. The number of alkyl halides is 1. The molecule has 0 fully saturated rings. The van der Waals surface area contributed by atoms with Gasteiger partial charge in [0.25, 0.3) is 0 Å². The van der Waals surface area contributed by atoms with Gasteiger partial charge in [0, 0.05) is 18.5 Å². The van der Waals surface area contributed by atoms with Crippen LogP contribution in [0.4, 0.5) is 14.9 Å². The minimum absolute atomic E-state index is 0.185. The fourth-order valence-corrected chi connectivity index (χ4v) is 9.59. The summed E-state index contributed by atoms with van der Waals surface area (Å²) in [6.45, 7) is 4.49. The number of aryl methyl sites for hydroxylation is 1. The highest BCUT2D eigenvalue weighted by atomic mass is 32.2. The summed E-state index contributed by atoms with van der Waals surface area (Å²) in [7, 11) is -3.89. The average molecular weight is 690 g/mol. The molecule has 1 aromatic heterocycles. The summed E-state index contributed by atoms with van der Waals surface area (Å²) in [5.41, 5.74) is 4.94. The number of anilines is 1. The lowest BCUT2D eigenvalue weighted by Gasteiger charge is -2.33. The molecule has 1 unspecified atom stereocenters. The number of rotatable bonds is 8. The number of carbonyl (C=O) groups excluding carboxylic acids is 1. The van der Waals surface area contributed by atoms with Crippen molar-refractivity contribution < 1.29 is 18.1 Å². The Kier molecular flexibility index (Phi) is 8.01. The maximum absolute atomic E-state index is 16.0. The Labute approximate surface area is 292 Å². The van der Waals surface area contributed by atoms with Gasteiger partial charge in [-0.05, 0) is 71.6 Å². The number of nitrogens with one attached hydrogen (secondary N) is 2. The molecule has 4 aromatic carbocycles. The molecule has 256 valence electrons. The second kappa shape index (κ2) is 12.4. The van der Waals surface area contributed by atoms with E-state index in [4.69, 9.17) is 9.10 Å². The second-order valence-corrected chi connectivity index (χ2v) is 15.6. The molecule has 2 N–H and O–H groups in total. The first-order valence-electron chi connectivity index (χ1n) is 17.3. The molecular weight excluding hydrogens is 650 g/mol. The molecule has 0 saturated carbocycles. The fourth-order valence-electron chi connectivity index (χ4n) is 7.76. The summed E-state index contributed by atoms with van der Waals surface area (Å²) < 4.78 is 47.2. The normalized spacial score (nSPS) is 20.3. The highest BCUT2D eigenvalue weighted by Crippen LogP contribution is 2.45. The van der Waals surface area contributed by atoms with Crippen LogP contribution in [0.3, 0.4) is 0 Å². The van der Waals surface area contributed by atoms with Crippen molar-refractivity contribution in [2.24, 2.45) is 4.36 Å². The summed E-state index contributed by atoms with van der Waals surface area (Å²) in [6.07, 6.45) is 4.38. The lowest BCUT2D eigenvalue weighted by atomic mass is 9.78. The van der Waals surface area contributed by atoms with Crippen LogP contribution in [0, 0.1) is 0 Å². The van der Waals surface area contributed by atoms with Crippen LogP contribution in [-0.2, 0) is 47.7 Å². The molecule has 3 atom stereocenters. The Morgan fingerprint density at radius 3 is 2.18 bits per heavy atom. The molecule has 2 heterocycles. The first kappa shape index (κ1) is 32.3. The maximum Gasteiger partial charge on any atom is 0.331 e. The maximum atomic E-state index is 16.0. The Bertz CT molecular complexity index is 2100. The van der Waals surface area contributed by atoms with Crippen molar-refractivity contribution >= 4 is 21.6 Å². The van der Waals surface area contributed by atoms with E-state index in [9.17, 15) is 9.18 Å². The monoisotopic (exact) mass is 689 g/mol. The number of hydrogen-bond donors (Lipinski definition) is 2. The smallest absolute Gasteiger partial charge is 0.331 e. The molecule has 5 aromatic rings. The van der Waals surface area contributed by atoms with E-state index in [1.807, 2.05) is 105 Å². The van der Waals surface area contributed by atoms with Gasteiger partial charge in [0.1, 0.15) is 22.2 Å². The molecule has 0 saturated heterocycles. The summed E-state index contributed by atoms with van der Waals surface area (Å²) in [6, 6.07) is 30.5. The molecule has 0 bridgehead atoms. The van der Waals surface area contributed by atoms with Crippen molar-refractivity contribution in [2.75, 3.05) is 5.32 Å². The van der Waals surface area contributed by atoms with Crippen molar-refractivity contribution in [1.29, 1.82) is 0 Å². The first-order chi connectivity index (χ1) is 24.2. The second-order valence-electron chi connectivity index (χ2n) is 13.7. The van der Waals surface area contributed by atoms with Crippen molar-refractivity contribution in [3.63, 3.8) is 0 Å². The highest BCUT2D eigenvalue weighted by molar-refractivity contribution is 7.92. The van der Waals surface area contributed by atoms with Crippen molar-refractivity contribution in [3.8, 4) is 5.88 Å². The number of ether oxygens (including phenoxy) is 1. The van der Waals surface area contributed by atoms with E-state index < -0.39 is 33.3 Å². The Morgan fingerprint density at radius 2 is 1.58 bits per heavy atom. The summed E-state index contributed by atoms with van der Waals surface area (Å²) in [5.74, 6) is 0.313. The summed E-state index contributed by atoms with van der Waals surface area (Å²) in [5, 5.41) is 7.64. The molecular formula is C40H40FN5O3S. The molecule has 10 heteroatoms. The van der Waals surface area contributed by atoms with E-state index in [0.717, 1.165) is 58.2 Å². The molecule has 8 rings (SSSR count). The van der Waals surface area contributed by atoms with Crippen molar-refractivity contribution in [2.45, 2.75) is 81.1 Å². The molecule has 0 spiro atoms.